The Hall–Kier alpha value is -3.01. The standard InChI is InChI=1S/C19H15NO3/c1-2-22-19(21)18-17(13-8-4-5-9-14(13)20-18)16-11-12-7-3-6-10-15(12)23-16/h3-11,20H,2H2,1H3. The monoisotopic (exact) mass is 305 g/mol. The molecule has 0 amide bonds. The van der Waals surface area contributed by atoms with Crippen molar-refractivity contribution in [3.63, 3.8) is 0 Å². The van der Waals surface area contributed by atoms with Crippen LogP contribution in [0.1, 0.15) is 17.4 Å². The summed E-state index contributed by atoms with van der Waals surface area (Å²) in [4.78, 5) is 15.5. The Bertz CT molecular complexity index is 977. The number of carbonyl (C=O) groups excluding carboxylic acids is 1. The van der Waals surface area contributed by atoms with E-state index < -0.39 is 0 Å². The van der Waals surface area contributed by atoms with Crippen molar-refractivity contribution in [1.82, 2.24) is 4.98 Å². The summed E-state index contributed by atoms with van der Waals surface area (Å²) in [6.45, 7) is 2.12. The van der Waals surface area contributed by atoms with Gasteiger partial charge in [0.15, 0.2) is 0 Å². The van der Waals surface area contributed by atoms with Crippen molar-refractivity contribution < 1.29 is 13.9 Å². The van der Waals surface area contributed by atoms with Gasteiger partial charge >= 0.3 is 5.97 Å². The highest BCUT2D eigenvalue weighted by Crippen LogP contribution is 2.36. The number of hydrogen-bond donors (Lipinski definition) is 1. The topological polar surface area (TPSA) is 55.2 Å². The second-order valence-electron chi connectivity index (χ2n) is 5.29. The summed E-state index contributed by atoms with van der Waals surface area (Å²) in [7, 11) is 0. The largest absolute Gasteiger partial charge is 0.461 e. The van der Waals surface area contributed by atoms with E-state index in [1.165, 1.54) is 0 Å². The van der Waals surface area contributed by atoms with E-state index in [2.05, 4.69) is 4.98 Å². The molecule has 0 radical (unpaired) electrons. The van der Waals surface area contributed by atoms with E-state index in [4.69, 9.17) is 9.15 Å². The molecule has 4 nitrogen and oxygen atoms in total. The highest BCUT2D eigenvalue weighted by molar-refractivity contribution is 6.08. The van der Waals surface area contributed by atoms with Crippen molar-refractivity contribution >= 4 is 27.8 Å². The highest BCUT2D eigenvalue weighted by atomic mass is 16.5. The van der Waals surface area contributed by atoms with Gasteiger partial charge in [-0.25, -0.2) is 4.79 Å². The van der Waals surface area contributed by atoms with Crippen molar-refractivity contribution in [2.75, 3.05) is 6.61 Å². The van der Waals surface area contributed by atoms with Gasteiger partial charge in [0.1, 0.15) is 17.0 Å². The molecule has 0 aliphatic heterocycles. The molecule has 0 bridgehead atoms. The SMILES string of the molecule is CCOC(=O)c1[nH]c2ccccc2c1-c1cc2ccccc2o1. The Kier molecular flexibility index (Phi) is 3.15. The highest BCUT2D eigenvalue weighted by Gasteiger charge is 2.22. The van der Waals surface area contributed by atoms with Crippen LogP contribution in [0, 0.1) is 0 Å². The first-order valence-corrected chi connectivity index (χ1v) is 7.54. The first-order chi connectivity index (χ1) is 11.3. The number of benzene rings is 2. The average molecular weight is 305 g/mol. The van der Waals surface area contributed by atoms with Gasteiger partial charge in [-0.1, -0.05) is 36.4 Å². The normalized spacial score (nSPS) is 11.2. The third kappa shape index (κ3) is 2.19. The van der Waals surface area contributed by atoms with Crippen LogP contribution in [0.5, 0.6) is 0 Å². The maximum atomic E-state index is 12.3. The molecule has 2 aromatic carbocycles. The first kappa shape index (κ1) is 13.6. The molecule has 2 aromatic heterocycles. The third-order valence-corrected chi connectivity index (χ3v) is 3.86. The number of carbonyl (C=O) groups is 1. The molecule has 0 atom stereocenters. The van der Waals surface area contributed by atoms with Gasteiger partial charge in [0.2, 0.25) is 0 Å². The number of fused-ring (bicyclic) bond motifs is 2. The molecule has 0 spiro atoms. The Morgan fingerprint density at radius 3 is 2.74 bits per heavy atom. The smallest absolute Gasteiger partial charge is 0.355 e. The van der Waals surface area contributed by atoms with Crippen LogP contribution >= 0.6 is 0 Å². The lowest BCUT2D eigenvalue weighted by atomic mass is 10.1. The predicted octanol–water partition coefficient (Wildman–Crippen LogP) is 4.76. The maximum Gasteiger partial charge on any atom is 0.355 e. The van der Waals surface area contributed by atoms with E-state index in [0.29, 0.717) is 18.1 Å². The zero-order valence-electron chi connectivity index (χ0n) is 12.6. The van der Waals surface area contributed by atoms with Gasteiger partial charge < -0.3 is 14.1 Å². The minimum absolute atomic E-state index is 0.327. The molecule has 0 saturated heterocycles. The number of aromatic nitrogens is 1. The van der Waals surface area contributed by atoms with Gasteiger partial charge in [-0.2, -0.15) is 0 Å². The van der Waals surface area contributed by atoms with Gasteiger partial charge in [0.25, 0.3) is 0 Å². The summed E-state index contributed by atoms with van der Waals surface area (Å²) in [5.41, 5.74) is 2.84. The van der Waals surface area contributed by atoms with Crippen molar-refractivity contribution in [1.29, 1.82) is 0 Å². The predicted molar refractivity (Wildman–Crippen MR) is 89.5 cm³/mol. The number of esters is 1. The molecule has 0 fully saturated rings. The third-order valence-electron chi connectivity index (χ3n) is 3.86. The second-order valence-corrected chi connectivity index (χ2v) is 5.29. The van der Waals surface area contributed by atoms with E-state index in [-0.39, 0.29) is 5.97 Å². The summed E-state index contributed by atoms with van der Waals surface area (Å²) < 4.78 is 11.1. The number of rotatable bonds is 3. The zero-order valence-corrected chi connectivity index (χ0v) is 12.6. The van der Waals surface area contributed by atoms with E-state index in [1.54, 1.807) is 6.92 Å². The molecule has 114 valence electrons. The quantitative estimate of drug-likeness (QED) is 0.555. The molecule has 0 unspecified atom stereocenters. The average Bonchev–Trinajstić information content (AvgIpc) is 3.15. The molecule has 23 heavy (non-hydrogen) atoms. The Morgan fingerprint density at radius 2 is 1.91 bits per heavy atom. The number of furan rings is 1. The minimum Gasteiger partial charge on any atom is -0.461 e. The van der Waals surface area contributed by atoms with Crippen LogP contribution in [0.15, 0.2) is 59.0 Å². The van der Waals surface area contributed by atoms with Crippen LogP contribution in [0.25, 0.3) is 33.2 Å². The van der Waals surface area contributed by atoms with E-state index >= 15 is 0 Å². The van der Waals surface area contributed by atoms with Gasteiger partial charge in [0.05, 0.1) is 12.2 Å². The Morgan fingerprint density at radius 1 is 1.13 bits per heavy atom. The van der Waals surface area contributed by atoms with Crippen LogP contribution in [0.4, 0.5) is 0 Å². The number of ether oxygens (including phenoxy) is 1. The lowest BCUT2D eigenvalue weighted by Crippen LogP contribution is -2.06. The number of nitrogens with one attached hydrogen (secondary N) is 1. The van der Waals surface area contributed by atoms with E-state index in [1.807, 2.05) is 54.6 Å². The molecule has 0 aliphatic rings. The summed E-state index contributed by atoms with van der Waals surface area (Å²) >= 11 is 0. The van der Waals surface area contributed by atoms with Gasteiger partial charge in [-0.15, -0.1) is 0 Å². The molecule has 4 heteroatoms. The molecule has 0 aliphatic carbocycles. The number of hydrogen-bond acceptors (Lipinski definition) is 3. The number of H-pyrrole nitrogens is 1. The summed E-state index contributed by atoms with van der Waals surface area (Å²) in [6.07, 6.45) is 0. The van der Waals surface area contributed by atoms with E-state index in [0.717, 1.165) is 27.4 Å². The maximum absolute atomic E-state index is 12.3. The van der Waals surface area contributed by atoms with Crippen LogP contribution in [0.3, 0.4) is 0 Å². The summed E-state index contributed by atoms with van der Waals surface area (Å²) in [5.74, 6) is 0.283. The molecule has 4 rings (SSSR count). The number of para-hydroxylation sites is 2. The minimum atomic E-state index is -0.376. The van der Waals surface area contributed by atoms with E-state index in [9.17, 15) is 4.79 Å². The fraction of sp³-hybridized carbons (Fsp3) is 0.105. The molecular formula is C19H15NO3. The van der Waals surface area contributed by atoms with Gasteiger partial charge in [0, 0.05) is 16.3 Å². The van der Waals surface area contributed by atoms with Crippen LogP contribution in [0.2, 0.25) is 0 Å². The van der Waals surface area contributed by atoms with Gasteiger partial charge in [-0.05, 0) is 25.1 Å². The first-order valence-electron chi connectivity index (χ1n) is 7.54. The lowest BCUT2D eigenvalue weighted by molar-refractivity contribution is 0.0521. The molecule has 1 N–H and O–H groups in total. The van der Waals surface area contributed by atoms with Crippen LogP contribution in [-0.2, 0) is 4.74 Å². The fourth-order valence-corrected chi connectivity index (χ4v) is 2.86. The van der Waals surface area contributed by atoms with Crippen LogP contribution < -0.4 is 0 Å². The van der Waals surface area contributed by atoms with Crippen molar-refractivity contribution in [3.05, 3.63) is 60.3 Å². The summed E-state index contributed by atoms with van der Waals surface area (Å²) in [6, 6.07) is 17.5. The Labute approximate surface area is 132 Å². The van der Waals surface area contributed by atoms with Crippen molar-refractivity contribution in [2.45, 2.75) is 6.92 Å². The molecule has 0 saturated carbocycles. The molecule has 2 heterocycles. The van der Waals surface area contributed by atoms with Crippen molar-refractivity contribution in [3.8, 4) is 11.3 Å². The second kappa shape index (κ2) is 5.32. The van der Waals surface area contributed by atoms with Gasteiger partial charge in [-0.3, -0.25) is 0 Å². The zero-order chi connectivity index (χ0) is 15.8. The molecular weight excluding hydrogens is 290 g/mol. The number of aromatic amines is 1. The Balaban J connectivity index is 2.00. The fourth-order valence-electron chi connectivity index (χ4n) is 2.86. The molecule has 4 aromatic rings. The summed E-state index contributed by atoms with van der Waals surface area (Å²) in [5, 5.41) is 1.94. The van der Waals surface area contributed by atoms with Crippen LogP contribution in [-0.4, -0.2) is 17.6 Å². The lowest BCUT2D eigenvalue weighted by Gasteiger charge is -2.02. The van der Waals surface area contributed by atoms with Crippen molar-refractivity contribution in [2.24, 2.45) is 0 Å².